The van der Waals surface area contributed by atoms with Crippen LogP contribution in [0.15, 0.2) is 33.3 Å². The van der Waals surface area contributed by atoms with E-state index in [1.165, 1.54) is 0 Å². The highest BCUT2D eigenvalue weighted by molar-refractivity contribution is 9.10. The van der Waals surface area contributed by atoms with Crippen molar-refractivity contribution >= 4 is 15.9 Å². The lowest BCUT2D eigenvalue weighted by atomic mass is 9.86. The van der Waals surface area contributed by atoms with E-state index in [1.807, 2.05) is 31.2 Å². The summed E-state index contributed by atoms with van der Waals surface area (Å²) in [5.41, 5.74) is 0.823. The SMILES string of the molecule is C[C@H]([C@@H]1O[C@H]1C[C@H]1CO[C@@H](Cc2nc(-c3ccc(Br)cc3)no2)[C@H](O)[C@@H]1O)[C@H](C)O. The number of ether oxygens (including phenoxy) is 2. The number of epoxide rings is 1. The lowest BCUT2D eigenvalue weighted by molar-refractivity contribution is -0.166. The lowest BCUT2D eigenvalue weighted by Gasteiger charge is -2.37. The lowest BCUT2D eigenvalue weighted by Crippen LogP contribution is -2.51. The molecule has 1 aromatic carbocycles. The Labute approximate surface area is 183 Å². The molecule has 9 heteroatoms. The molecule has 2 aliphatic rings. The second kappa shape index (κ2) is 9.02. The molecule has 164 valence electrons. The van der Waals surface area contributed by atoms with Crippen molar-refractivity contribution in [1.29, 1.82) is 0 Å². The normalized spacial score (nSPS) is 33.3. The number of nitrogens with zero attached hydrogens (tertiary/aromatic N) is 2. The molecule has 0 unspecified atom stereocenters. The van der Waals surface area contributed by atoms with Crippen LogP contribution >= 0.6 is 15.9 Å². The van der Waals surface area contributed by atoms with E-state index in [9.17, 15) is 15.3 Å². The van der Waals surface area contributed by atoms with Gasteiger partial charge in [0.15, 0.2) is 0 Å². The van der Waals surface area contributed by atoms with Crippen molar-refractivity contribution in [3.05, 3.63) is 34.6 Å². The van der Waals surface area contributed by atoms with Crippen molar-refractivity contribution in [3.8, 4) is 11.4 Å². The number of aliphatic hydroxyl groups is 3. The standard InChI is InChI=1S/C21H27BrN2O6/c1-10(11(2)25)20-16(29-20)7-13-9-28-15(19(27)18(13)26)8-17-23-21(24-30-17)12-3-5-14(22)6-4-12/h3-6,10-11,13,15-16,18-20,25-27H,7-9H2,1-2H3/t10-,11-,13-,15-,16-,18+,19-,20-/m0/s1. The third-order valence-corrected chi connectivity index (χ3v) is 6.65. The first-order valence-electron chi connectivity index (χ1n) is 10.2. The predicted molar refractivity (Wildman–Crippen MR) is 111 cm³/mol. The van der Waals surface area contributed by atoms with Gasteiger partial charge in [-0.15, -0.1) is 0 Å². The molecule has 2 saturated heterocycles. The van der Waals surface area contributed by atoms with E-state index in [-0.39, 0.29) is 30.5 Å². The molecule has 0 spiro atoms. The van der Waals surface area contributed by atoms with Gasteiger partial charge in [0.1, 0.15) is 6.10 Å². The molecule has 2 aliphatic heterocycles. The molecule has 8 nitrogen and oxygen atoms in total. The van der Waals surface area contributed by atoms with E-state index in [4.69, 9.17) is 14.0 Å². The number of benzene rings is 1. The molecule has 0 amide bonds. The molecular formula is C21H27BrN2O6. The summed E-state index contributed by atoms with van der Waals surface area (Å²) in [4.78, 5) is 4.38. The fraction of sp³-hybridized carbons (Fsp3) is 0.619. The van der Waals surface area contributed by atoms with Gasteiger partial charge in [-0.3, -0.25) is 0 Å². The van der Waals surface area contributed by atoms with Gasteiger partial charge in [-0.1, -0.05) is 28.0 Å². The topological polar surface area (TPSA) is 121 Å². The van der Waals surface area contributed by atoms with Crippen LogP contribution < -0.4 is 0 Å². The van der Waals surface area contributed by atoms with E-state index in [0.29, 0.717) is 24.7 Å². The second-order valence-electron chi connectivity index (χ2n) is 8.31. The van der Waals surface area contributed by atoms with E-state index < -0.39 is 24.4 Å². The van der Waals surface area contributed by atoms with Gasteiger partial charge < -0.3 is 29.3 Å². The van der Waals surface area contributed by atoms with Gasteiger partial charge in [0.05, 0.1) is 43.5 Å². The number of hydrogen-bond donors (Lipinski definition) is 3. The van der Waals surface area contributed by atoms with Gasteiger partial charge in [0.25, 0.3) is 0 Å². The van der Waals surface area contributed by atoms with Crippen LogP contribution in [0.3, 0.4) is 0 Å². The maximum absolute atomic E-state index is 10.6. The van der Waals surface area contributed by atoms with E-state index in [0.717, 1.165) is 10.0 Å². The maximum Gasteiger partial charge on any atom is 0.229 e. The zero-order chi connectivity index (χ0) is 21.4. The molecule has 3 N–H and O–H groups in total. The molecule has 0 aliphatic carbocycles. The van der Waals surface area contributed by atoms with Crippen molar-refractivity contribution in [3.63, 3.8) is 0 Å². The first kappa shape index (κ1) is 21.9. The molecule has 0 radical (unpaired) electrons. The molecule has 0 bridgehead atoms. The Bertz CT molecular complexity index is 844. The Balaban J connectivity index is 1.32. The van der Waals surface area contributed by atoms with Crippen molar-refractivity contribution in [1.82, 2.24) is 10.1 Å². The van der Waals surface area contributed by atoms with E-state index >= 15 is 0 Å². The summed E-state index contributed by atoms with van der Waals surface area (Å²) >= 11 is 3.39. The summed E-state index contributed by atoms with van der Waals surface area (Å²) in [5.74, 6) is 0.615. The zero-order valence-electron chi connectivity index (χ0n) is 16.9. The van der Waals surface area contributed by atoms with Crippen molar-refractivity contribution in [2.45, 2.75) is 63.3 Å². The fourth-order valence-corrected chi connectivity index (χ4v) is 4.20. The second-order valence-corrected chi connectivity index (χ2v) is 9.23. The Hall–Kier alpha value is -1.36. The van der Waals surface area contributed by atoms with Crippen molar-refractivity contribution in [2.75, 3.05) is 6.61 Å². The highest BCUT2D eigenvalue weighted by Crippen LogP contribution is 2.38. The van der Waals surface area contributed by atoms with Gasteiger partial charge in [-0.05, 0) is 37.6 Å². The Morgan fingerprint density at radius 3 is 2.57 bits per heavy atom. The van der Waals surface area contributed by atoms with Crippen LogP contribution in [0.1, 0.15) is 26.2 Å². The van der Waals surface area contributed by atoms with Crippen molar-refractivity contribution in [2.24, 2.45) is 11.8 Å². The first-order valence-corrected chi connectivity index (χ1v) is 11.0. The Kier molecular flexibility index (Phi) is 6.57. The summed E-state index contributed by atoms with van der Waals surface area (Å²) in [6, 6.07) is 7.55. The third-order valence-electron chi connectivity index (χ3n) is 6.12. The molecule has 3 heterocycles. The fourth-order valence-electron chi connectivity index (χ4n) is 3.94. The number of hydrogen-bond acceptors (Lipinski definition) is 8. The molecule has 1 aromatic heterocycles. The maximum atomic E-state index is 10.6. The minimum Gasteiger partial charge on any atom is -0.393 e. The molecule has 4 rings (SSSR count). The molecule has 2 aromatic rings. The van der Waals surface area contributed by atoms with Gasteiger partial charge in [0, 0.05) is 21.9 Å². The molecule has 0 saturated carbocycles. The Morgan fingerprint density at radius 1 is 1.13 bits per heavy atom. The summed E-state index contributed by atoms with van der Waals surface area (Å²) in [6.45, 7) is 4.00. The monoisotopic (exact) mass is 482 g/mol. The summed E-state index contributed by atoms with van der Waals surface area (Å²) in [5, 5.41) is 34.9. The highest BCUT2D eigenvalue weighted by atomic mass is 79.9. The zero-order valence-corrected chi connectivity index (χ0v) is 18.5. The van der Waals surface area contributed by atoms with Crippen LogP contribution in [0.4, 0.5) is 0 Å². The number of rotatable bonds is 7. The van der Waals surface area contributed by atoms with Gasteiger partial charge in [-0.25, -0.2) is 0 Å². The third kappa shape index (κ3) is 4.76. The molecule has 8 atom stereocenters. The first-order chi connectivity index (χ1) is 14.3. The number of aliphatic hydroxyl groups excluding tert-OH is 3. The number of aromatic nitrogens is 2. The minimum absolute atomic E-state index is 0.0116. The highest BCUT2D eigenvalue weighted by Gasteiger charge is 2.48. The van der Waals surface area contributed by atoms with Gasteiger partial charge in [0.2, 0.25) is 11.7 Å². The minimum atomic E-state index is -1.06. The van der Waals surface area contributed by atoms with Crippen molar-refractivity contribution < 1.29 is 29.3 Å². The van der Waals surface area contributed by atoms with Crippen LogP contribution in [-0.4, -0.2) is 68.7 Å². The van der Waals surface area contributed by atoms with Crippen LogP contribution in [0.2, 0.25) is 0 Å². The van der Waals surface area contributed by atoms with E-state index in [1.54, 1.807) is 6.92 Å². The average Bonchev–Trinajstić information content (AvgIpc) is 3.33. The summed E-state index contributed by atoms with van der Waals surface area (Å²) < 4.78 is 17.8. The quantitative estimate of drug-likeness (QED) is 0.511. The molecular weight excluding hydrogens is 456 g/mol. The van der Waals surface area contributed by atoms with Crippen LogP contribution in [0, 0.1) is 11.8 Å². The van der Waals surface area contributed by atoms with Gasteiger partial charge in [-0.2, -0.15) is 4.98 Å². The summed E-state index contributed by atoms with van der Waals surface area (Å²) in [6.07, 6.45) is -2.28. The average molecular weight is 483 g/mol. The van der Waals surface area contributed by atoms with E-state index in [2.05, 4.69) is 26.1 Å². The Morgan fingerprint density at radius 2 is 1.87 bits per heavy atom. The van der Waals surface area contributed by atoms with Crippen LogP contribution in [0.5, 0.6) is 0 Å². The smallest absolute Gasteiger partial charge is 0.229 e. The summed E-state index contributed by atoms with van der Waals surface area (Å²) in [7, 11) is 0. The van der Waals surface area contributed by atoms with Gasteiger partial charge >= 0.3 is 0 Å². The van der Waals surface area contributed by atoms with Crippen LogP contribution in [-0.2, 0) is 15.9 Å². The predicted octanol–water partition coefficient (Wildman–Crippen LogP) is 1.95. The number of halogens is 1. The van der Waals surface area contributed by atoms with Crippen LogP contribution in [0.25, 0.3) is 11.4 Å². The molecule has 30 heavy (non-hydrogen) atoms. The largest absolute Gasteiger partial charge is 0.393 e. The molecule has 2 fully saturated rings.